The Morgan fingerprint density at radius 3 is 2.48 bits per heavy atom. The molecular formula is C24H30N2O. The lowest BCUT2D eigenvalue weighted by Gasteiger charge is -2.33. The molecule has 0 aliphatic carbocycles. The largest absolute Gasteiger partial charge is 0.375 e. The second-order valence-corrected chi connectivity index (χ2v) is 8.24. The van der Waals surface area contributed by atoms with Gasteiger partial charge < -0.3 is 10.2 Å². The van der Waals surface area contributed by atoms with Crippen molar-refractivity contribution in [3.05, 3.63) is 65.2 Å². The van der Waals surface area contributed by atoms with E-state index in [9.17, 15) is 4.79 Å². The van der Waals surface area contributed by atoms with E-state index in [-0.39, 0.29) is 11.8 Å². The number of hydrogen-bond donors (Lipinski definition) is 1. The molecule has 2 heterocycles. The van der Waals surface area contributed by atoms with Crippen molar-refractivity contribution in [2.75, 3.05) is 25.0 Å². The zero-order chi connectivity index (χ0) is 18.8. The lowest BCUT2D eigenvalue weighted by atomic mass is 9.87. The third-order valence-electron chi connectivity index (χ3n) is 6.40. The van der Waals surface area contributed by atoms with E-state index in [0.717, 1.165) is 31.7 Å². The number of anilines is 1. The number of rotatable bonds is 5. The van der Waals surface area contributed by atoms with Crippen molar-refractivity contribution in [1.29, 1.82) is 0 Å². The maximum Gasteiger partial charge on any atom is 0.152 e. The summed E-state index contributed by atoms with van der Waals surface area (Å²) in [6, 6.07) is 17.4. The Kier molecular flexibility index (Phi) is 5.31. The number of nitrogens with one attached hydrogen (secondary N) is 1. The first-order valence-electron chi connectivity index (χ1n) is 10.3. The van der Waals surface area contributed by atoms with E-state index in [2.05, 4.69) is 59.6 Å². The molecule has 3 heteroatoms. The molecule has 0 spiro atoms. The van der Waals surface area contributed by atoms with Crippen LogP contribution < -0.4 is 5.32 Å². The van der Waals surface area contributed by atoms with Gasteiger partial charge in [-0.15, -0.1) is 0 Å². The van der Waals surface area contributed by atoms with Crippen LogP contribution in [0.4, 0.5) is 5.69 Å². The number of hydrogen-bond acceptors (Lipinski definition) is 3. The van der Waals surface area contributed by atoms with E-state index in [1.807, 2.05) is 6.07 Å². The van der Waals surface area contributed by atoms with Crippen LogP contribution >= 0.6 is 0 Å². The second kappa shape index (κ2) is 7.85. The summed E-state index contributed by atoms with van der Waals surface area (Å²) in [5, 5.41) is 3.44. The smallest absolute Gasteiger partial charge is 0.152 e. The molecule has 2 aromatic carbocycles. The van der Waals surface area contributed by atoms with Gasteiger partial charge in [-0.25, -0.2) is 0 Å². The molecule has 1 N–H and O–H groups in total. The lowest BCUT2D eigenvalue weighted by Crippen LogP contribution is -2.36. The van der Waals surface area contributed by atoms with Gasteiger partial charge in [-0.3, -0.25) is 4.79 Å². The molecule has 2 aliphatic rings. The normalized spacial score (nSPS) is 23.0. The molecule has 4 rings (SSSR count). The van der Waals surface area contributed by atoms with Crippen molar-refractivity contribution >= 4 is 11.5 Å². The Morgan fingerprint density at radius 1 is 1.07 bits per heavy atom. The molecule has 142 valence electrons. The Balaban J connectivity index is 1.34. The van der Waals surface area contributed by atoms with Crippen molar-refractivity contribution in [2.45, 2.75) is 51.0 Å². The maximum absolute atomic E-state index is 12.1. The highest BCUT2D eigenvalue weighted by Gasteiger charge is 2.35. The number of likely N-dealkylation sites (tertiary alicyclic amines) is 1. The molecule has 0 bridgehead atoms. The number of nitrogens with zero attached hydrogens (tertiary/aromatic N) is 1. The lowest BCUT2D eigenvalue weighted by molar-refractivity contribution is -0.118. The number of aryl methyl sites for hydroxylation is 1. The molecule has 3 nitrogen and oxygen atoms in total. The molecule has 0 radical (unpaired) electrons. The standard InChI is InChI=1S/C24H30N2O/c1-17-7-9-19(10-8-17)20-11-14-26(15-12-20)16-13-22-21-5-3-4-6-23(21)25-24(22)18(2)27/h3-10,20,22,24-25H,11-16H2,1-2H3. The van der Waals surface area contributed by atoms with Crippen molar-refractivity contribution in [2.24, 2.45) is 0 Å². The summed E-state index contributed by atoms with van der Waals surface area (Å²) in [6.07, 6.45) is 3.51. The number of fused-ring (bicyclic) bond motifs is 1. The quantitative estimate of drug-likeness (QED) is 0.834. The molecule has 1 saturated heterocycles. The van der Waals surface area contributed by atoms with Crippen LogP contribution in [0.25, 0.3) is 0 Å². The van der Waals surface area contributed by atoms with Crippen LogP contribution in [0.3, 0.4) is 0 Å². The highest BCUT2D eigenvalue weighted by Crippen LogP contribution is 2.38. The number of carbonyl (C=O) groups excluding carboxylic acids is 1. The van der Waals surface area contributed by atoms with Gasteiger partial charge in [0.15, 0.2) is 5.78 Å². The van der Waals surface area contributed by atoms with Gasteiger partial charge in [-0.05, 0) is 75.9 Å². The summed E-state index contributed by atoms with van der Waals surface area (Å²) < 4.78 is 0. The predicted molar refractivity (Wildman–Crippen MR) is 111 cm³/mol. The minimum atomic E-state index is -0.0625. The fourth-order valence-corrected chi connectivity index (χ4v) is 4.76. The van der Waals surface area contributed by atoms with Crippen LogP contribution in [0.1, 0.15) is 54.7 Å². The van der Waals surface area contributed by atoms with Gasteiger partial charge in [0.1, 0.15) is 0 Å². The van der Waals surface area contributed by atoms with Gasteiger partial charge in [-0.1, -0.05) is 48.0 Å². The molecule has 2 atom stereocenters. The summed E-state index contributed by atoms with van der Waals surface area (Å²) in [5.41, 5.74) is 5.28. The number of benzene rings is 2. The van der Waals surface area contributed by atoms with Crippen LogP contribution in [-0.2, 0) is 4.79 Å². The zero-order valence-corrected chi connectivity index (χ0v) is 16.4. The number of ketones is 1. The minimum absolute atomic E-state index is 0.0625. The second-order valence-electron chi connectivity index (χ2n) is 8.24. The first kappa shape index (κ1) is 18.2. The van der Waals surface area contributed by atoms with Crippen molar-refractivity contribution in [3.63, 3.8) is 0 Å². The fourth-order valence-electron chi connectivity index (χ4n) is 4.76. The average molecular weight is 363 g/mol. The van der Waals surface area contributed by atoms with Crippen LogP contribution in [0.5, 0.6) is 0 Å². The Hall–Kier alpha value is -2.13. The molecule has 1 fully saturated rings. The summed E-state index contributed by atoms with van der Waals surface area (Å²) >= 11 is 0. The minimum Gasteiger partial charge on any atom is -0.375 e. The van der Waals surface area contributed by atoms with Gasteiger partial charge in [0, 0.05) is 11.6 Å². The van der Waals surface area contributed by atoms with E-state index >= 15 is 0 Å². The molecule has 2 aliphatic heterocycles. The highest BCUT2D eigenvalue weighted by molar-refractivity contribution is 5.88. The highest BCUT2D eigenvalue weighted by atomic mass is 16.1. The predicted octanol–water partition coefficient (Wildman–Crippen LogP) is 4.73. The van der Waals surface area contributed by atoms with E-state index < -0.39 is 0 Å². The molecule has 2 unspecified atom stereocenters. The van der Waals surface area contributed by atoms with Crippen LogP contribution in [0.15, 0.2) is 48.5 Å². The van der Waals surface area contributed by atoms with Gasteiger partial charge in [0.05, 0.1) is 6.04 Å². The average Bonchev–Trinajstić information content (AvgIpc) is 3.06. The van der Waals surface area contributed by atoms with E-state index in [4.69, 9.17) is 0 Å². The number of piperidine rings is 1. The number of para-hydroxylation sites is 1. The van der Waals surface area contributed by atoms with E-state index in [1.165, 1.54) is 29.5 Å². The first-order chi connectivity index (χ1) is 13.1. The molecule has 0 aromatic heterocycles. The van der Waals surface area contributed by atoms with Crippen LogP contribution in [0.2, 0.25) is 0 Å². The summed E-state index contributed by atoms with van der Waals surface area (Å²) in [7, 11) is 0. The van der Waals surface area contributed by atoms with Gasteiger partial charge in [0.2, 0.25) is 0 Å². The monoisotopic (exact) mass is 362 g/mol. The topological polar surface area (TPSA) is 32.3 Å². The van der Waals surface area contributed by atoms with Crippen molar-refractivity contribution in [3.8, 4) is 0 Å². The Labute approximate surface area is 162 Å². The molecule has 0 saturated carbocycles. The Morgan fingerprint density at radius 2 is 1.78 bits per heavy atom. The summed E-state index contributed by atoms with van der Waals surface area (Å²) in [4.78, 5) is 14.7. The van der Waals surface area contributed by atoms with Crippen LogP contribution in [-0.4, -0.2) is 36.4 Å². The van der Waals surface area contributed by atoms with E-state index in [0.29, 0.717) is 11.8 Å². The number of carbonyl (C=O) groups is 1. The Bertz CT molecular complexity index is 790. The van der Waals surface area contributed by atoms with Gasteiger partial charge in [-0.2, -0.15) is 0 Å². The summed E-state index contributed by atoms with van der Waals surface area (Å²) in [6.45, 7) is 7.25. The fraction of sp³-hybridized carbons (Fsp3) is 0.458. The number of Topliss-reactive ketones (excluding diaryl/α,β-unsaturated/α-hetero) is 1. The maximum atomic E-state index is 12.1. The van der Waals surface area contributed by atoms with E-state index in [1.54, 1.807) is 6.92 Å². The van der Waals surface area contributed by atoms with Crippen molar-refractivity contribution < 1.29 is 4.79 Å². The third-order valence-corrected chi connectivity index (χ3v) is 6.40. The third kappa shape index (κ3) is 3.93. The molecule has 27 heavy (non-hydrogen) atoms. The molecule has 0 amide bonds. The molecular weight excluding hydrogens is 332 g/mol. The summed E-state index contributed by atoms with van der Waals surface area (Å²) in [5.74, 6) is 1.24. The van der Waals surface area contributed by atoms with Gasteiger partial charge >= 0.3 is 0 Å². The zero-order valence-electron chi connectivity index (χ0n) is 16.4. The molecule has 2 aromatic rings. The first-order valence-corrected chi connectivity index (χ1v) is 10.3. The van der Waals surface area contributed by atoms with Crippen molar-refractivity contribution in [1.82, 2.24) is 4.90 Å². The van der Waals surface area contributed by atoms with Gasteiger partial charge in [0.25, 0.3) is 0 Å². The van der Waals surface area contributed by atoms with Crippen LogP contribution in [0, 0.1) is 6.92 Å². The SMILES string of the molecule is CC(=O)C1Nc2ccccc2C1CCN1CCC(c2ccc(C)cc2)CC1.